The number of sulfonamides is 1. The highest BCUT2D eigenvalue weighted by Gasteiger charge is 2.21. The Balaban J connectivity index is 1.93. The van der Waals surface area contributed by atoms with Gasteiger partial charge in [-0.3, -0.25) is 4.90 Å². The molecule has 1 fully saturated rings. The molecule has 1 aromatic rings. The molecule has 2 rings (SSSR count). The van der Waals surface area contributed by atoms with Crippen molar-refractivity contribution in [1.29, 1.82) is 0 Å². The van der Waals surface area contributed by atoms with E-state index in [0.717, 1.165) is 31.6 Å². The summed E-state index contributed by atoms with van der Waals surface area (Å²) >= 11 is 0. The zero-order valence-electron chi connectivity index (χ0n) is 11.8. The van der Waals surface area contributed by atoms with Crippen LogP contribution in [0.25, 0.3) is 0 Å². The Morgan fingerprint density at radius 3 is 2.30 bits per heavy atom. The third-order valence-corrected chi connectivity index (χ3v) is 4.93. The number of aliphatic hydroxyl groups excluding tert-OH is 1. The number of benzene rings is 1. The molecule has 0 bridgehead atoms. The van der Waals surface area contributed by atoms with Gasteiger partial charge in [0, 0.05) is 26.2 Å². The molecule has 0 aromatic heterocycles. The molecule has 0 atom stereocenters. The van der Waals surface area contributed by atoms with Crippen LogP contribution in [0.3, 0.4) is 0 Å². The fraction of sp³-hybridized carbons (Fsp3) is 0.571. The molecule has 0 saturated carbocycles. The van der Waals surface area contributed by atoms with Gasteiger partial charge in [0.2, 0.25) is 10.0 Å². The van der Waals surface area contributed by atoms with Gasteiger partial charge in [-0.1, -0.05) is 24.3 Å². The summed E-state index contributed by atoms with van der Waals surface area (Å²) in [5, 5.41) is 9.02. The summed E-state index contributed by atoms with van der Waals surface area (Å²) in [6.07, 6.45) is 2.14. The van der Waals surface area contributed by atoms with Crippen LogP contribution >= 0.6 is 0 Å². The van der Waals surface area contributed by atoms with Crippen LogP contribution in [-0.4, -0.2) is 55.2 Å². The smallest absolute Gasteiger partial charge is 0.211 e. The standard InChI is InChI=1S/C14H22N2O3S/c1-20(18,19)16-8-2-7-15(9-10-16)11-13-3-5-14(12-17)6-4-13/h3-6,17H,2,7-12H2,1H3. The third-order valence-electron chi connectivity index (χ3n) is 3.63. The predicted molar refractivity (Wildman–Crippen MR) is 78.7 cm³/mol. The Morgan fingerprint density at radius 2 is 1.70 bits per heavy atom. The predicted octanol–water partition coefficient (Wildman–Crippen LogP) is 0.646. The van der Waals surface area contributed by atoms with Gasteiger partial charge >= 0.3 is 0 Å². The molecule has 1 heterocycles. The second-order valence-corrected chi connectivity index (χ2v) is 7.25. The van der Waals surface area contributed by atoms with Gasteiger partial charge in [0.15, 0.2) is 0 Å². The van der Waals surface area contributed by atoms with Crippen LogP contribution in [0.4, 0.5) is 0 Å². The molecular formula is C14H22N2O3S. The molecule has 6 heteroatoms. The van der Waals surface area contributed by atoms with Gasteiger partial charge in [0.05, 0.1) is 12.9 Å². The lowest BCUT2D eigenvalue weighted by Crippen LogP contribution is -2.34. The molecule has 1 N–H and O–H groups in total. The first kappa shape index (κ1) is 15.4. The van der Waals surface area contributed by atoms with Crippen LogP contribution in [0.2, 0.25) is 0 Å². The zero-order chi connectivity index (χ0) is 14.6. The van der Waals surface area contributed by atoms with Crippen molar-refractivity contribution in [1.82, 2.24) is 9.21 Å². The van der Waals surface area contributed by atoms with Gasteiger partial charge < -0.3 is 5.11 Å². The number of hydrogen-bond acceptors (Lipinski definition) is 4. The van der Waals surface area contributed by atoms with E-state index in [4.69, 9.17) is 5.11 Å². The minimum Gasteiger partial charge on any atom is -0.392 e. The van der Waals surface area contributed by atoms with Crippen LogP contribution in [0.1, 0.15) is 17.5 Å². The van der Waals surface area contributed by atoms with Crippen molar-refractivity contribution in [2.45, 2.75) is 19.6 Å². The number of aliphatic hydroxyl groups is 1. The molecule has 0 aliphatic carbocycles. The Bertz CT molecular complexity index is 528. The van der Waals surface area contributed by atoms with E-state index in [2.05, 4.69) is 4.90 Å². The molecule has 5 nitrogen and oxygen atoms in total. The van der Waals surface area contributed by atoms with Crippen molar-refractivity contribution in [2.75, 3.05) is 32.4 Å². The molecular weight excluding hydrogens is 276 g/mol. The Labute approximate surface area is 120 Å². The number of hydrogen-bond donors (Lipinski definition) is 1. The highest BCUT2D eigenvalue weighted by atomic mass is 32.2. The lowest BCUT2D eigenvalue weighted by molar-refractivity contribution is 0.277. The van der Waals surface area contributed by atoms with Gasteiger partial charge in [-0.15, -0.1) is 0 Å². The van der Waals surface area contributed by atoms with Crippen molar-refractivity contribution in [2.24, 2.45) is 0 Å². The second-order valence-electron chi connectivity index (χ2n) is 5.27. The maximum Gasteiger partial charge on any atom is 0.211 e. The maximum atomic E-state index is 11.6. The molecule has 112 valence electrons. The van der Waals surface area contributed by atoms with Crippen molar-refractivity contribution in [3.8, 4) is 0 Å². The van der Waals surface area contributed by atoms with Crippen molar-refractivity contribution in [3.63, 3.8) is 0 Å². The number of rotatable bonds is 4. The molecule has 20 heavy (non-hydrogen) atoms. The van der Waals surface area contributed by atoms with Gasteiger partial charge in [-0.2, -0.15) is 0 Å². The van der Waals surface area contributed by atoms with E-state index >= 15 is 0 Å². The SMILES string of the molecule is CS(=O)(=O)N1CCCN(Cc2ccc(CO)cc2)CC1. The van der Waals surface area contributed by atoms with Crippen molar-refractivity contribution in [3.05, 3.63) is 35.4 Å². The normalized spacial score (nSPS) is 18.9. The van der Waals surface area contributed by atoms with Crippen LogP contribution in [0.15, 0.2) is 24.3 Å². The molecule has 0 amide bonds. The van der Waals surface area contributed by atoms with E-state index < -0.39 is 10.0 Å². The van der Waals surface area contributed by atoms with E-state index in [9.17, 15) is 8.42 Å². The zero-order valence-corrected chi connectivity index (χ0v) is 12.6. The third kappa shape index (κ3) is 4.28. The topological polar surface area (TPSA) is 60.9 Å². The van der Waals surface area contributed by atoms with Gasteiger partial charge in [-0.25, -0.2) is 12.7 Å². The average molecular weight is 298 g/mol. The summed E-state index contributed by atoms with van der Waals surface area (Å²) in [4.78, 5) is 2.28. The summed E-state index contributed by atoms with van der Waals surface area (Å²) in [7, 11) is -3.08. The molecule has 0 radical (unpaired) electrons. The highest BCUT2D eigenvalue weighted by Crippen LogP contribution is 2.12. The summed E-state index contributed by atoms with van der Waals surface area (Å²) < 4.78 is 24.7. The average Bonchev–Trinajstić information content (AvgIpc) is 2.65. The monoisotopic (exact) mass is 298 g/mol. The second kappa shape index (κ2) is 6.67. The van der Waals surface area contributed by atoms with Gasteiger partial charge in [0.1, 0.15) is 0 Å². The van der Waals surface area contributed by atoms with Gasteiger partial charge in [-0.05, 0) is 24.1 Å². The molecule has 1 aliphatic heterocycles. The van der Waals surface area contributed by atoms with Crippen LogP contribution in [0, 0.1) is 0 Å². The fourth-order valence-electron chi connectivity index (χ4n) is 2.45. The Morgan fingerprint density at radius 1 is 1.05 bits per heavy atom. The lowest BCUT2D eigenvalue weighted by Gasteiger charge is -2.20. The number of nitrogens with zero attached hydrogens (tertiary/aromatic N) is 2. The summed E-state index contributed by atoms with van der Waals surface area (Å²) in [5.41, 5.74) is 2.10. The first-order valence-corrected chi connectivity index (χ1v) is 8.70. The van der Waals surface area contributed by atoms with E-state index in [1.807, 2.05) is 24.3 Å². The molecule has 0 spiro atoms. The van der Waals surface area contributed by atoms with E-state index in [1.54, 1.807) is 4.31 Å². The first-order chi connectivity index (χ1) is 9.49. The molecule has 1 aromatic carbocycles. The van der Waals surface area contributed by atoms with Crippen molar-refractivity contribution < 1.29 is 13.5 Å². The van der Waals surface area contributed by atoms with Crippen molar-refractivity contribution >= 4 is 10.0 Å². The molecule has 0 unspecified atom stereocenters. The molecule has 1 aliphatic rings. The Hall–Kier alpha value is -0.950. The van der Waals surface area contributed by atoms with Crippen LogP contribution in [0.5, 0.6) is 0 Å². The molecule has 1 saturated heterocycles. The minimum atomic E-state index is -3.08. The fourth-order valence-corrected chi connectivity index (χ4v) is 3.32. The van der Waals surface area contributed by atoms with E-state index in [-0.39, 0.29) is 6.61 Å². The maximum absolute atomic E-state index is 11.6. The van der Waals surface area contributed by atoms with Crippen LogP contribution in [-0.2, 0) is 23.2 Å². The summed E-state index contributed by atoms with van der Waals surface area (Å²) in [6.45, 7) is 3.73. The highest BCUT2D eigenvalue weighted by molar-refractivity contribution is 7.88. The van der Waals surface area contributed by atoms with Crippen LogP contribution < -0.4 is 0 Å². The van der Waals surface area contributed by atoms with E-state index in [1.165, 1.54) is 11.8 Å². The lowest BCUT2D eigenvalue weighted by atomic mass is 10.1. The first-order valence-electron chi connectivity index (χ1n) is 6.85. The van der Waals surface area contributed by atoms with E-state index in [0.29, 0.717) is 13.1 Å². The largest absolute Gasteiger partial charge is 0.392 e. The van der Waals surface area contributed by atoms with Gasteiger partial charge in [0.25, 0.3) is 0 Å². The summed E-state index contributed by atoms with van der Waals surface area (Å²) in [6, 6.07) is 7.89. The Kier molecular flexibility index (Phi) is 5.15. The summed E-state index contributed by atoms with van der Waals surface area (Å²) in [5.74, 6) is 0. The minimum absolute atomic E-state index is 0.0628. The quantitative estimate of drug-likeness (QED) is 0.886.